The zero-order chi connectivity index (χ0) is 19.9. The average molecular weight is 382 g/mol. The Bertz CT molecular complexity index is 736. The standard InChI is InChI=1S/C19H25F3N4O/c1-4-23-18(25-12-16-11-17(13(2)3)26-27-16)24-10-9-14-5-7-15(8-6-14)19(20,21)22/h5-8,11,13H,4,9-10,12H2,1-3H3,(H2,23,24,25). The molecule has 0 aliphatic rings. The van der Waals surface area contributed by atoms with E-state index in [1.165, 1.54) is 12.1 Å². The number of alkyl halides is 3. The summed E-state index contributed by atoms with van der Waals surface area (Å²) < 4.78 is 43.0. The van der Waals surface area contributed by atoms with Gasteiger partial charge >= 0.3 is 6.18 Å². The third-order valence-corrected chi connectivity index (χ3v) is 3.89. The van der Waals surface area contributed by atoms with Gasteiger partial charge < -0.3 is 15.2 Å². The van der Waals surface area contributed by atoms with E-state index in [0.717, 1.165) is 23.4 Å². The first-order chi connectivity index (χ1) is 12.8. The molecule has 27 heavy (non-hydrogen) atoms. The highest BCUT2D eigenvalue weighted by atomic mass is 19.4. The number of aliphatic imine (C=N–C) groups is 1. The van der Waals surface area contributed by atoms with Crippen molar-refractivity contribution in [2.75, 3.05) is 13.1 Å². The van der Waals surface area contributed by atoms with E-state index in [9.17, 15) is 13.2 Å². The molecule has 0 aliphatic carbocycles. The molecular weight excluding hydrogens is 357 g/mol. The summed E-state index contributed by atoms with van der Waals surface area (Å²) >= 11 is 0. The van der Waals surface area contributed by atoms with Gasteiger partial charge in [0.25, 0.3) is 0 Å². The van der Waals surface area contributed by atoms with E-state index < -0.39 is 11.7 Å². The monoisotopic (exact) mass is 382 g/mol. The number of guanidine groups is 1. The summed E-state index contributed by atoms with van der Waals surface area (Å²) in [5, 5.41) is 10.3. The number of aromatic nitrogens is 1. The van der Waals surface area contributed by atoms with Gasteiger partial charge in [-0.05, 0) is 37.0 Å². The van der Waals surface area contributed by atoms with E-state index in [4.69, 9.17) is 4.52 Å². The summed E-state index contributed by atoms with van der Waals surface area (Å²) in [6.07, 6.45) is -3.72. The summed E-state index contributed by atoms with van der Waals surface area (Å²) in [4.78, 5) is 4.45. The lowest BCUT2D eigenvalue weighted by Gasteiger charge is -2.11. The first-order valence-electron chi connectivity index (χ1n) is 8.93. The molecule has 5 nitrogen and oxygen atoms in total. The minimum Gasteiger partial charge on any atom is -0.359 e. The van der Waals surface area contributed by atoms with Crippen LogP contribution in [-0.4, -0.2) is 24.2 Å². The van der Waals surface area contributed by atoms with Crippen molar-refractivity contribution in [3.8, 4) is 0 Å². The van der Waals surface area contributed by atoms with Crippen molar-refractivity contribution in [1.82, 2.24) is 15.8 Å². The summed E-state index contributed by atoms with van der Waals surface area (Å²) in [5.74, 6) is 1.59. The molecule has 0 saturated carbocycles. The van der Waals surface area contributed by atoms with Gasteiger partial charge in [-0.2, -0.15) is 13.2 Å². The molecule has 0 aliphatic heterocycles. The van der Waals surface area contributed by atoms with Crippen LogP contribution in [0.5, 0.6) is 0 Å². The Morgan fingerprint density at radius 1 is 1.19 bits per heavy atom. The maximum atomic E-state index is 12.6. The van der Waals surface area contributed by atoms with Gasteiger partial charge in [0.15, 0.2) is 11.7 Å². The van der Waals surface area contributed by atoms with Crippen LogP contribution in [0.4, 0.5) is 13.2 Å². The van der Waals surface area contributed by atoms with Gasteiger partial charge in [-0.15, -0.1) is 0 Å². The van der Waals surface area contributed by atoms with E-state index in [1.54, 1.807) is 0 Å². The first-order valence-corrected chi connectivity index (χ1v) is 8.93. The van der Waals surface area contributed by atoms with E-state index in [0.29, 0.717) is 43.7 Å². The summed E-state index contributed by atoms with van der Waals surface area (Å²) in [6, 6.07) is 7.09. The van der Waals surface area contributed by atoms with Gasteiger partial charge in [-0.3, -0.25) is 0 Å². The molecule has 2 rings (SSSR count). The molecule has 2 aromatic rings. The van der Waals surface area contributed by atoms with Crippen LogP contribution in [-0.2, 0) is 19.1 Å². The Balaban J connectivity index is 1.88. The fourth-order valence-corrected chi connectivity index (χ4v) is 2.36. The minimum absolute atomic E-state index is 0.293. The minimum atomic E-state index is -4.31. The van der Waals surface area contributed by atoms with Crippen LogP contribution in [0.3, 0.4) is 0 Å². The molecule has 0 atom stereocenters. The van der Waals surface area contributed by atoms with E-state index in [2.05, 4.69) is 20.8 Å². The fourth-order valence-electron chi connectivity index (χ4n) is 2.36. The Hall–Kier alpha value is -2.51. The zero-order valence-electron chi connectivity index (χ0n) is 15.7. The molecule has 0 radical (unpaired) electrons. The van der Waals surface area contributed by atoms with Crippen molar-refractivity contribution >= 4 is 5.96 Å². The van der Waals surface area contributed by atoms with Crippen LogP contribution in [0, 0.1) is 0 Å². The second-order valence-corrected chi connectivity index (χ2v) is 6.44. The lowest BCUT2D eigenvalue weighted by molar-refractivity contribution is -0.137. The number of nitrogens with one attached hydrogen (secondary N) is 2. The lowest BCUT2D eigenvalue weighted by atomic mass is 10.1. The molecule has 8 heteroatoms. The SMILES string of the molecule is CCNC(=NCc1cc(C(C)C)no1)NCCc1ccc(C(F)(F)F)cc1. The second kappa shape index (κ2) is 9.43. The van der Waals surface area contributed by atoms with Crippen molar-refractivity contribution in [2.24, 2.45) is 4.99 Å². The highest BCUT2D eigenvalue weighted by Crippen LogP contribution is 2.29. The van der Waals surface area contributed by atoms with Crippen LogP contribution in [0.15, 0.2) is 39.8 Å². The van der Waals surface area contributed by atoms with Crippen molar-refractivity contribution in [3.63, 3.8) is 0 Å². The first kappa shape index (κ1) is 20.8. The van der Waals surface area contributed by atoms with Crippen LogP contribution in [0.2, 0.25) is 0 Å². The van der Waals surface area contributed by atoms with Crippen LogP contribution < -0.4 is 10.6 Å². The third-order valence-electron chi connectivity index (χ3n) is 3.89. The Labute approximate surface area is 157 Å². The largest absolute Gasteiger partial charge is 0.416 e. The van der Waals surface area contributed by atoms with Crippen LogP contribution >= 0.6 is 0 Å². The predicted octanol–water partition coefficient (Wildman–Crippen LogP) is 4.11. The molecule has 0 spiro atoms. The van der Waals surface area contributed by atoms with Crippen molar-refractivity contribution in [2.45, 2.75) is 45.8 Å². The Morgan fingerprint density at radius 3 is 2.44 bits per heavy atom. The summed E-state index contributed by atoms with van der Waals surface area (Å²) in [7, 11) is 0. The smallest absolute Gasteiger partial charge is 0.359 e. The quantitative estimate of drug-likeness (QED) is 0.559. The maximum Gasteiger partial charge on any atom is 0.416 e. The Morgan fingerprint density at radius 2 is 1.89 bits per heavy atom. The molecule has 0 amide bonds. The second-order valence-electron chi connectivity index (χ2n) is 6.44. The number of hydrogen-bond acceptors (Lipinski definition) is 3. The number of hydrogen-bond donors (Lipinski definition) is 2. The molecule has 1 heterocycles. The fraction of sp³-hybridized carbons (Fsp3) is 0.474. The van der Waals surface area contributed by atoms with Crippen LogP contribution in [0.25, 0.3) is 0 Å². The Kier molecular flexibility index (Phi) is 7.27. The third kappa shape index (κ3) is 6.62. The predicted molar refractivity (Wildman–Crippen MR) is 98.6 cm³/mol. The molecule has 0 unspecified atom stereocenters. The lowest BCUT2D eigenvalue weighted by Crippen LogP contribution is -2.38. The summed E-state index contributed by atoms with van der Waals surface area (Å²) in [5.41, 5.74) is 1.07. The molecule has 148 valence electrons. The topological polar surface area (TPSA) is 62.5 Å². The molecule has 2 N–H and O–H groups in total. The van der Waals surface area contributed by atoms with Gasteiger partial charge in [-0.1, -0.05) is 31.1 Å². The highest BCUT2D eigenvalue weighted by Gasteiger charge is 2.29. The van der Waals surface area contributed by atoms with Gasteiger partial charge in [0.1, 0.15) is 6.54 Å². The van der Waals surface area contributed by atoms with Gasteiger partial charge in [0.05, 0.1) is 11.3 Å². The molecule has 1 aromatic heterocycles. The molecule has 0 fully saturated rings. The number of halogens is 3. The number of benzene rings is 1. The maximum absolute atomic E-state index is 12.6. The van der Waals surface area contributed by atoms with Gasteiger partial charge in [-0.25, -0.2) is 4.99 Å². The molecule has 1 aromatic carbocycles. The number of nitrogens with zero attached hydrogens (tertiary/aromatic N) is 2. The van der Waals surface area contributed by atoms with E-state index in [1.807, 2.05) is 26.8 Å². The molecule has 0 bridgehead atoms. The summed E-state index contributed by atoms with van der Waals surface area (Å²) in [6.45, 7) is 7.63. The van der Waals surface area contributed by atoms with Gasteiger partial charge in [0, 0.05) is 19.2 Å². The zero-order valence-corrected chi connectivity index (χ0v) is 15.7. The van der Waals surface area contributed by atoms with E-state index >= 15 is 0 Å². The van der Waals surface area contributed by atoms with Crippen molar-refractivity contribution in [3.05, 3.63) is 52.9 Å². The highest BCUT2D eigenvalue weighted by molar-refractivity contribution is 5.79. The van der Waals surface area contributed by atoms with Crippen LogP contribution in [0.1, 0.15) is 49.3 Å². The average Bonchev–Trinajstić information content (AvgIpc) is 3.09. The molecular formula is C19H25F3N4O. The van der Waals surface area contributed by atoms with E-state index in [-0.39, 0.29) is 0 Å². The normalized spacial score (nSPS) is 12.5. The van der Waals surface area contributed by atoms with Crippen molar-refractivity contribution < 1.29 is 17.7 Å². The van der Waals surface area contributed by atoms with Crippen molar-refractivity contribution in [1.29, 1.82) is 0 Å². The number of rotatable bonds is 7. The van der Waals surface area contributed by atoms with Gasteiger partial charge in [0.2, 0.25) is 0 Å². The molecule has 0 saturated heterocycles.